The number of aromatic nitrogens is 1. The summed E-state index contributed by atoms with van der Waals surface area (Å²) in [6.07, 6.45) is -1.58. The monoisotopic (exact) mass is 451 g/mol. The molecule has 1 saturated heterocycles. The lowest BCUT2D eigenvalue weighted by Gasteiger charge is -2.40. The van der Waals surface area contributed by atoms with E-state index in [0.717, 1.165) is 21.2 Å². The van der Waals surface area contributed by atoms with Crippen LogP contribution in [0.4, 0.5) is 0 Å². The molecule has 2 aromatic heterocycles. The number of methoxy groups -OCH3 is 1. The van der Waals surface area contributed by atoms with E-state index >= 15 is 0 Å². The van der Waals surface area contributed by atoms with Crippen LogP contribution in [-0.4, -0.2) is 58.4 Å². The average Bonchev–Trinajstić information content (AvgIpc) is 3.42. The van der Waals surface area contributed by atoms with Crippen LogP contribution in [0.1, 0.15) is 22.2 Å². The summed E-state index contributed by atoms with van der Waals surface area (Å²) in [6, 6.07) is 9.00. The average molecular weight is 452 g/mol. The Labute approximate surface area is 182 Å². The fraction of sp³-hybridized carbons (Fsp3) is 0.381. The Kier molecular flexibility index (Phi) is 6.54. The summed E-state index contributed by atoms with van der Waals surface area (Å²) in [5, 5.41) is 32.3. The van der Waals surface area contributed by atoms with Crippen LogP contribution in [0.15, 0.2) is 47.2 Å². The molecular weight excluding hydrogens is 430 g/mol. The second kappa shape index (κ2) is 9.15. The van der Waals surface area contributed by atoms with E-state index in [1.165, 1.54) is 18.4 Å². The highest BCUT2D eigenvalue weighted by molar-refractivity contribution is 7.15. The van der Waals surface area contributed by atoms with Crippen molar-refractivity contribution >= 4 is 22.9 Å². The molecule has 7 nitrogen and oxygen atoms in total. The number of aliphatic hydroxyl groups is 3. The summed E-state index contributed by atoms with van der Waals surface area (Å²) in [4.78, 5) is 5.38. The van der Waals surface area contributed by atoms with Crippen molar-refractivity contribution in [1.82, 2.24) is 4.98 Å². The Morgan fingerprint density at radius 2 is 2.00 bits per heavy atom. The number of ether oxygens (including phenoxy) is 2. The van der Waals surface area contributed by atoms with Crippen molar-refractivity contribution in [3.63, 3.8) is 0 Å². The molecule has 0 saturated carbocycles. The molecule has 1 fully saturated rings. The number of furan rings is 1. The molecule has 5 atom stereocenters. The third-order valence-corrected chi connectivity index (χ3v) is 6.48. The number of benzene rings is 1. The van der Waals surface area contributed by atoms with Gasteiger partial charge in [0, 0.05) is 24.8 Å². The lowest BCUT2D eigenvalue weighted by Crippen LogP contribution is -2.55. The van der Waals surface area contributed by atoms with Crippen molar-refractivity contribution in [3.8, 4) is 10.6 Å². The summed E-state index contributed by atoms with van der Waals surface area (Å²) in [6.45, 7) is 0.0938. The van der Waals surface area contributed by atoms with E-state index in [1.54, 1.807) is 24.6 Å². The van der Waals surface area contributed by atoms with Crippen molar-refractivity contribution in [2.24, 2.45) is 0 Å². The van der Waals surface area contributed by atoms with Crippen molar-refractivity contribution in [1.29, 1.82) is 0 Å². The molecule has 3 N–H and O–H groups in total. The van der Waals surface area contributed by atoms with Gasteiger partial charge in [0.15, 0.2) is 0 Å². The highest BCUT2D eigenvalue weighted by Gasteiger charge is 2.44. The first kappa shape index (κ1) is 21.5. The fourth-order valence-corrected chi connectivity index (χ4v) is 4.62. The van der Waals surface area contributed by atoms with Gasteiger partial charge < -0.3 is 29.2 Å². The van der Waals surface area contributed by atoms with Crippen LogP contribution in [0.25, 0.3) is 10.6 Å². The van der Waals surface area contributed by atoms with Crippen LogP contribution in [-0.2, 0) is 15.9 Å². The lowest BCUT2D eigenvalue weighted by atomic mass is 9.90. The molecule has 4 rings (SSSR count). The summed E-state index contributed by atoms with van der Waals surface area (Å²) in [5.41, 5.74) is 1.46. The zero-order chi connectivity index (χ0) is 21.3. The van der Waals surface area contributed by atoms with Gasteiger partial charge in [-0.25, -0.2) is 4.98 Å². The van der Waals surface area contributed by atoms with Crippen LogP contribution >= 0.6 is 22.9 Å². The molecule has 160 valence electrons. The fourth-order valence-electron chi connectivity index (χ4n) is 3.52. The standard InChI is InChI=1S/C21H22ClNO6S/c1-27-10-15-18(24)19(25)20(26)21(29-15)11-4-5-13(22)12(7-11)8-17-23-9-16(30-17)14-3-2-6-28-14/h2-7,9,15,18-21,24-26H,8,10H2,1H3/t15-,18-,19+,20-,21+/m1/s1. The third-order valence-electron chi connectivity index (χ3n) is 5.10. The van der Waals surface area contributed by atoms with Crippen molar-refractivity contribution in [2.75, 3.05) is 13.7 Å². The molecular formula is C21H22ClNO6S. The Balaban J connectivity index is 1.57. The Hall–Kier alpha value is -1.78. The number of halogens is 1. The minimum Gasteiger partial charge on any atom is -0.463 e. The predicted octanol–water partition coefficient (Wildman–Crippen LogP) is 2.82. The molecule has 3 aromatic rings. The van der Waals surface area contributed by atoms with Crippen molar-refractivity contribution < 1.29 is 29.2 Å². The van der Waals surface area contributed by atoms with Gasteiger partial charge in [-0.2, -0.15) is 0 Å². The molecule has 1 aromatic carbocycles. The van der Waals surface area contributed by atoms with Gasteiger partial charge in [-0.15, -0.1) is 11.3 Å². The van der Waals surface area contributed by atoms with Gasteiger partial charge in [-0.1, -0.05) is 23.7 Å². The molecule has 1 aliphatic heterocycles. The zero-order valence-corrected chi connectivity index (χ0v) is 17.7. The normalized spacial score (nSPS) is 26.8. The minimum absolute atomic E-state index is 0.0938. The van der Waals surface area contributed by atoms with Crippen LogP contribution in [0, 0.1) is 0 Å². The molecule has 3 heterocycles. The van der Waals surface area contributed by atoms with Crippen LogP contribution in [0.2, 0.25) is 5.02 Å². The van der Waals surface area contributed by atoms with Gasteiger partial charge in [0.1, 0.15) is 36.3 Å². The van der Waals surface area contributed by atoms with E-state index in [9.17, 15) is 15.3 Å². The highest BCUT2D eigenvalue weighted by atomic mass is 35.5. The third kappa shape index (κ3) is 4.31. The molecule has 30 heavy (non-hydrogen) atoms. The maximum Gasteiger partial charge on any atom is 0.145 e. The van der Waals surface area contributed by atoms with Gasteiger partial charge >= 0.3 is 0 Å². The molecule has 1 aliphatic rings. The van der Waals surface area contributed by atoms with Crippen LogP contribution in [0.5, 0.6) is 0 Å². The number of thiazole rings is 1. The maximum absolute atomic E-state index is 10.5. The second-order valence-electron chi connectivity index (χ2n) is 7.15. The van der Waals surface area contributed by atoms with E-state index in [1.807, 2.05) is 18.2 Å². The summed E-state index contributed by atoms with van der Waals surface area (Å²) in [5.74, 6) is 0.758. The van der Waals surface area contributed by atoms with E-state index in [2.05, 4.69) is 4.98 Å². The van der Waals surface area contributed by atoms with Gasteiger partial charge in [0.2, 0.25) is 0 Å². The largest absolute Gasteiger partial charge is 0.463 e. The minimum atomic E-state index is -1.35. The predicted molar refractivity (Wildman–Crippen MR) is 112 cm³/mol. The molecule has 0 radical (unpaired) electrons. The lowest BCUT2D eigenvalue weighted by molar-refractivity contribution is -0.233. The molecule has 0 amide bonds. The number of nitrogens with zero attached hydrogens (tertiary/aromatic N) is 1. The van der Waals surface area contributed by atoms with Crippen molar-refractivity contribution in [3.05, 3.63) is 63.9 Å². The number of hydrogen-bond donors (Lipinski definition) is 3. The Bertz CT molecular complexity index is 978. The van der Waals surface area contributed by atoms with E-state index in [4.69, 9.17) is 25.5 Å². The first-order chi connectivity index (χ1) is 14.5. The Morgan fingerprint density at radius 3 is 2.73 bits per heavy atom. The summed E-state index contributed by atoms with van der Waals surface area (Å²) in [7, 11) is 1.48. The van der Waals surface area contributed by atoms with Gasteiger partial charge in [0.25, 0.3) is 0 Å². The van der Waals surface area contributed by atoms with Crippen molar-refractivity contribution in [2.45, 2.75) is 36.9 Å². The first-order valence-electron chi connectivity index (χ1n) is 9.43. The first-order valence-corrected chi connectivity index (χ1v) is 10.6. The summed E-state index contributed by atoms with van der Waals surface area (Å²) >= 11 is 7.91. The smallest absolute Gasteiger partial charge is 0.145 e. The number of aliphatic hydroxyl groups excluding tert-OH is 3. The van der Waals surface area contributed by atoms with E-state index < -0.39 is 30.5 Å². The maximum atomic E-state index is 10.5. The Morgan fingerprint density at radius 1 is 1.17 bits per heavy atom. The van der Waals surface area contributed by atoms with E-state index in [0.29, 0.717) is 17.0 Å². The SMILES string of the molecule is COC[C@H]1O[C@@H](c2ccc(Cl)c(Cc3ncc(-c4ccco4)s3)c2)[C@H](O)[C@@H](O)[C@@H]1O. The molecule has 0 unspecified atom stereocenters. The van der Waals surface area contributed by atoms with Crippen LogP contribution < -0.4 is 0 Å². The number of rotatable bonds is 6. The molecule has 0 bridgehead atoms. The van der Waals surface area contributed by atoms with Crippen LogP contribution in [0.3, 0.4) is 0 Å². The molecule has 0 spiro atoms. The number of hydrogen-bond acceptors (Lipinski definition) is 8. The van der Waals surface area contributed by atoms with Gasteiger partial charge in [-0.05, 0) is 29.3 Å². The van der Waals surface area contributed by atoms with E-state index in [-0.39, 0.29) is 6.61 Å². The second-order valence-corrected chi connectivity index (χ2v) is 8.67. The van der Waals surface area contributed by atoms with Gasteiger partial charge in [0.05, 0.1) is 22.8 Å². The van der Waals surface area contributed by atoms with Gasteiger partial charge in [-0.3, -0.25) is 0 Å². The quantitative estimate of drug-likeness (QED) is 0.529. The topological polar surface area (TPSA) is 105 Å². The zero-order valence-electron chi connectivity index (χ0n) is 16.1. The highest BCUT2D eigenvalue weighted by Crippen LogP contribution is 2.35. The summed E-state index contributed by atoms with van der Waals surface area (Å²) < 4.78 is 16.3. The molecule has 9 heteroatoms. The molecule has 0 aliphatic carbocycles.